The third-order valence-corrected chi connectivity index (χ3v) is 3.67. The molecule has 1 aromatic rings. The van der Waals surface area contributed by atoms with E-state index in [1.807, 2.05) is 13.1 Å². The first-order chi connectivity index (χ1) is 8.52. The molecule has 4 heteroatoms. The fourth-order valence-corrected chi connectivity index (χ4v) is 2.63. The summed E-state index contributed by atoms with van der Waals surface area (Å²) in [6.45, 7) is 6.76. The van der Waals surface area contributed by atoms with Crippen molar-refractivity contribution >= 4 is 11.6 Å². The Bertz CT molecular complexity index is 392. The molecular weight excluding hydrogens is 224 g/mol. The number of rotatable bonds is 4. The van der Waals surface area contributed by atoms with Gasteiger partial charge >= 0.3 is 0 Å². The lowest BCUT2D eigenvalue weighted by atomic mass is 9.92. The van der Waals surface area contributed by atoms with E-state index >= 15 is 0 Å². The van der Waals surface area contributed by atoms with Crippen molar-refractivity contribution in [2.75, 3.05) is 17.7 Å². The van der Waals surface area contributed by atoms with Gasteiger partial charge in [0.05, 0.1) is 0 Å². The summed E-state index contributed by atoms with van der Waals surface area (Å²) >= 11 is 0. The smallest absolute Gasteiger partial charge is 0.132 e. The zero-order valence-electron chi connectivity index (χ0n) is 11.9. The highest BCUT2D eigenvalue weighted by molar-refractivity contribution is 5.47. The van der Waals surface area contributed by atoms with Gasteiger partial charge in [0.2, 0.25) is 0 Å². The molecule has 0 saturated heterocycles. The van der Waals surface area contributed by atoms with Gasteiger partial charge in [-0.05, 0) is 24.7 Å². The monoisotopic (exact) mass is 248 g/mol. The van der Waals surface area contributed by atoms with Gasteiger partial charge in [-0.15, -0.1) is 0 Å². The predicted octanol–water partition coefficient (Wildman–Crippen LogP) is 3.07. The number of aromatic nitrogens is 2. The first-order valence-electron chi connectivity index (χ1n) is 6.84. The minimum Gasteiger partial charge on any atom is -0.373 e. The zero-order valence-corrected chi connectivity index (χ0v) is 11.9. The van der Waals surface area contributed by atoms with E-state index in [9.17, 15) is 0 Å². The Morgan fingerprint density at radius 1 is 1.33 bits per heavy atom. The number of nitrogens with zero attached hydrogens (tertiary/aromatic N) is 2. The van der Waals surface area contributed by atoms with E-state index in [1.165, 1.54) is 19.3 Å². The molecule has 1 fully saturated rings. The lowest BCUT2D eigenvalue weighted by Gasteiger charge is -2.18. The van der Waals surface area contributed by atoms with Crippen molar-refractivity contribution in [3.8, 4) is 0 Å². The van der Waals surface area contributed by atoms with Crippen molar-refractivity contribution in [3.63, 3.8) is 0 Å². The molecule has 1 unspecified atom stereocenters. The normalized spacial score (nSPS) is 21.9. The van der Waals surface area contributed by atoms with Crippen LogP contribution < -0.4 is 10.6 Å². The van der Waals surface area contributed by atoms with Crippen LogP contribution in [0.1, 0.15) is 45.9 Å². The van der Waals surface area contributed by atoms with Crippen LogP contribution >= 0.6 is 0 Å². The Balaban J connectivity index is 2.09. The maximum absolute atomic E-state index is 4.55. The summed E-state index contributed by atoms with van der Waals surface area (Å²) in [5.41, 5.74) is 0.462. The first kappa shape index (κ1) is 13.1. The first-order valence-corrected chi connectivity index (χ1v) is 6.84. The average molecular weight is 248 g/mol. The van der Waals surface area contributed by atoms with E-state index in [4.69, 9.17) is 0 Å². The molecule has 2 rings (SSSR count). The van der Waals surface area contributed by atoms with Crippen LogP contribution in [0, 0.1) is 5.41 Å². The molecular formula is C14H24N4. The number of hydrogen-bond donors (Lipinski definition) is 2. The van der Waals surface area contributed by atoms with Crippen molar-refractivity contribution < 1.29 is 0 Å². The second-order valence-corrected chi connectivity index (χ2v) is 5.91. The molecule has 100 valence electrons. The van der Waals surface area contributed by atoms with E-state index in [2.05, 4.69) is 41.4 Å². The molecule has 1 aromatic heterocycles. The predicted molar refractivity (Wildman–Crippen MR) is 76.0 cm³/mol. The third-order valence-electron chi connectivity index (χ3n) is 3.67. The Hall–Kier alpha value is -1.32. The van der Waals surface area contributed by atoms with Gasteiger partial charge in [-0.25, -0.2) is 9.97 Å². The maximum atomic E-state index is 4.55. The topological polar surface area (TPSA) is 49.8 Å². The second kappa shape index (κ2) is 5.12. The van der Waals surface area contributed by atoms with Crippen molar-refractivity contribution in [2.45, 2.75) is 52.5 Å². The molecule has 1 atom stereocenters. The zero-order chi connectivity index (χ0) is 13.2. The lowest BCUT2D eigenvalue weighted by Crippen LogP contribution is -2.19. The largest absolute Gasteiger partial charge is 0.373 e. The Labute approximate surface area is 110 Å². The molecule has 1 saturated carbocycles. The molecule has 0 aromatic carbocycles. The number of anilines is 2. The van der Waals surface area contributed by atoms with Crippen LogP contribution in [-0.4, -0.2) is 23.1 Å². The minimum atomic E-state index is 0.462. The Kier molecular flexibility index (Phi) is 3.73. The highest BCUT2D eigenvalue weighted by Gasteiger charge is 2.30. The van der Waals surface area contributed by atoms with Gasteiger partial charge in [-0.3, -0.25) is 0 Å². The lowest BCUT2D eigenvalue weighted by molar-refractivity contribution is 0.378. The summed E-state index contributed by atoms with van der Waals surface area (Å²) in [6.07, 6.45) is 4.59. The number of nitrogens with one attached hydrogen (secondary N) is 2. The van der Waals surface area contributed by atoms with E-state index in [1.54, 1.807) is 0 Å². The standard InChI is InChI=1S/C14H24N4/c1-5-11-17-12(15-4)8-13(18-11)16-10-6-7-14(2,3)9-10/h8,10H,5-7,9H2,1-4H3,(H2,15,16,17,18). The number of aryl methyl sites for hydroxylation is 1. The third kappa shape index (κ3) is 3.12. The molecule has 2 N–H and O–H groups in total. The van der Waals surface area contributed by atoms with Crippen LogP contribution in [0.3, 0.4) is 0 Å². The summed E-state index contributed by atoms with van der Waals surface area (Å²) < 4.78 is 0. The molecule has 0 spiro atoms. The second-order valence-electron chi connectivity index (χ2n) is 5.91. The molecule has 4 nitrogen and oxygen atoms in total. The molecule has 18 heavy (non-hydrogen) atoms. The van der Waals surface area contributed by atoms with Gasteiger partial charge in [0.15, 0.2) is 0 Å². The van der Waals surface area contributed by atoms with Gasteiger partial charge in [0.25, 0.3) is 0 Å². The Morgan fingerprint density at radius 3 is 2.61 bits per heavy atom. The van der Waals surface area contributed by atoms with Crippen molar-refractivity contribution in [2.24, 2.45) is 5.41 Å². The Morgan fingerprint density at radius 2 is 2.06 bits per heavy atom. The van der Waals surface area contributed by atoms with Gasteiger partial charge in [-0.1, -0.05) is 20.8 Å². The van der Waals surface area contributed by atoms with Crippen LogP contribution in [0.2, 0.25) is 0 Å². The van der Waals surface area contributed by atoms with Crippen LogP contribution in [0.5, 0.6) is 0 Å². The molecule has 0 aliphatic heterocycles. The van der Waals surface area contributed by atoms with Crippen LogP contribution in [0.4, 0.5) is 11.6 Å². The summed E-state index contributed by atoms with van der Waals surface area (Å²) in [5, 5.41) is 6.65. The fourth-order valence-electron chi connectivity index (χ4n) is 2.63. The summed E-state index contributed by atoms with van der Waals surface area (Å²) in [5.74, 6) is 2.73. The van der Waals surface area contributed by atoms with E-state index in [-0.39, 0.29) is 0 Å². The van der Waals surface area contributed by atoms with E-state index < -0.39 is 0 Å². The van der Waals surface area contributed by atoms with Crippen LogP contribution in [0.25, 0.3) is 0 Å². The van der Waals surface area contributed by atoms with Gasteiger partial charge in [0, 0.05) is 25.6 Å². The summed E-state index contributed by atoms with van der Waals surface area (Å²) in [4.78, 5) is 8.96. The quantitative estimate of drug-likeness (QED) is 0.859. The minimum absolute atomic E-state index is 0.462. The average Bonchev–Trinajstić information content (AvgIpc) is 2.68. The highest BCUT2D eigenvalue weighted by Crippen LogP contribution is 2.38. The van der Waals surface area contributed by atoms with Crippen molar-refractivity contribution in [1.82, 2.24) is 9.97 Å². The fraction of sp³-hybridized carbons (Fsp3) is 0.714. The molecule has 1 aliphatic carbocycles. The van der Waals surface area contributed by atoms with Crippen LogP contribution in [0.15, 0.2) is 6.07 Å². The molecule has 1 aliphatic rings. The van der Waals surface area contributed by atoms with E-state index in [0.717, 1.165) is 23.9 Å². The molecule has 0 amide bonds. The number of hydrogen-bond acceptors (Lipinski definition) is 4. The van der Waals surface area contributed by atoms with Gasteiger partial charge < -0.3 is 10.6 Å². The summed E-state index contributed by atoms with van der Waals surface area (Å²) in [6, 6.07) is 2.54. The van der Waals surface area contributed by atoms with Gasteiger partial charge in [-0.2, -0.15) is 0 Å². The van der Waals surface area contributed by atoms with Crippen molar-refractivity contribution in [1.29, 1.82) is 0 Å². The summed E-state index contributed by atoms with van der Waals surface area (Å²) in [7, 11) is 1.89. The van der Waals surface area contributed by atoms with Crippen molar-refractivity contribution in [3.05, 3.63) is 11.9 Å². The molecule has 1 heterocycles. The molecule has 0 bridgehead atoms. The van der Waals surface area contributed by atoms with Crippen LogP contribution in [-0.2, 0) is 6.42 Å². The SMILES string of the molecule is CCc1nc(NC)cc(NC2CCC(C)(C)C2)n1. The highest BCUT2D eigenvalue weighted by atomic mass is 15.1. The van der Waals surface area contributed by atoms with E-state index in [0.29, 0.717) is 11.5 Å². The maximum Gasteiger partial charge on any atom is 0.132 e. The van der Waals surface area contributed by atoms with Gasteiger partial charge in [0.1, 0.15) is 17.5 Å². The molecule has 0 radical (unpaired) electrons.